The predicted molar refractivity (Wildman–Crippen MR) is 72.0 cm³/mol. The first-order valence-corrected chi connectivity index (χ1v) is 7.38. The SMILES string of the molecule is O=C(NCC1(C(=O)O)CCOCC1)C1CC2C=CC1C2. The summed E-state index contributed by atoms with van der Waals surface area (Å²) >= 11 is 0. The van der Waals surface area contributed by atoms with E-state index in [-0.39, 0.29) is 18.4 Å². The Morgan fingerprint density at radius 2 is 2.00 bits per heavy atom. The second kappa shape index (κ2) is 5.20. The third-order valence-corrected chi connectivity index (χ3v) is 5.12. The van der Waals surface area contributed by atoms with Crippen molar-refractivity contribution >= 4 is 11.9 Å². The minimum Gasteiger partial charge on any atom is -0.481 e. The minimum atomic E-state index is -0.846. The molecule has 1 saturated heterocycles. The molecule has 1 aliphatic heterocycles. The number of fused-ring (bicyclic) bond motifs is 2. The van der Waals surface area contributed by atoms with E-state index in [9.17, 15) is 14.7 Å². The number of allylic oxidation sites excluding steroid dienone is 2. The smallest absolute Gasteiger partial charge is 0.311 e. The fourth-order valence-electron chi connectivity index (χ4n) is 3.70. The van der Waals surface area contributed by atoms with Gasteiger partial charge < -0.3 is 15.2 Å². The van der Waals surface area contributed by atoms with Crippen LogP contribution in [0.1, 0.15) is 25.7 Å². The molecule has 3 unspecified atom stereocenters. The zero-order valence-electron chi connectivity index (χ0n) is 11.5. The van der Waals surface area contributed by atoms with Crippen molar-refractivity contribution in [3.05, 3.63) is 12.2 Å². The van der Waals surface area contributed by atoms with Crippen LogP contribution in [0.4, 0.5) is 0 Å². The van der Waals surface area contributed by atoms with E-state index in [1.54, 1.807) is 0 Å². The Bertz CT molecular complexity index is 439. The molecule has 2 bridgehead atoms. The average molecular weight is 279 g/mol. The average Bonchev–Trinajstić information content (AvgIpc) is 3.08. The molecule has 3 aliphatic rings. The van der Waals surface area contributed by atoms with Crippen molar-refractivity contribution in [1.82, 2.24) is 5.32 Å². The normalized spacial score (nSPS) is 34.1. The number of aliphatic carboxylic acids is 1. The van der Waals surface area contributed by atoms with Gasteiger partial charge in [-0.1, -0.05) is 12.2 Å². The molecule has 1 amide bonds. The zero-order chi connectivity index (χ0) is 14.2. The molecule has 3 atom stereocenters. The fraction of sp³-hybridized carbons (Fsp3) is 0.733. The quantitative estimate of drug-likeness (QED) is 0.758. The van der Waals surface area contributed by atoms with Crippen LogP contribution in [0.25, 0.3) is 0 Å². The predicted octanol–water partition coefficient (Wildman–Crippen LogP) is 1.20. The summed E-state index contributed by atoms with van der Waals surface area (Å²) in [5.41, 5.74) is -0.846. The van der Waals surface area contributed by atoms with Crippen LogP contribution in [0.2, 0.25) is 0 Å². The molecule has 0 spiro atoms. The van der Waals surface area contributed by atoms with Gasteiger partial charge in [0.2, 0.25) is 5.91 Å². The van der Waals surface area contributed by atoms with E-state index in [4.69, 9.17) is 4.74 Å². The highest BCUT2D eigenvalue weighted by Gasteiger charge is 2.43. The summed E-state index contributed by atoms with van der Waals surface area (Å²) in [6.45, 7) is 1.14. The number of amides is 1. The summed E-state index contributed by atoms with van der Waals surface area (Å²) < 4.78 is 5.24. The number of nitrogens with one attached hydrogen (secondary N) is 1. The van der Waals surface area contributed by atoms with E-state index in [0.29, 0.717) is 37.9 Å². The first-order chi connectivity index (χ1) is 9.61. The fourth-order valence-corrected chi connectivity index (χ4v) is 3.70. The maximum atomic E-state index is 12.3. The summed E-state index contributed by atoms with van der Waals surface area (Å²) in [6, 6.07) is 0. The molecule has 5 nitrogen and oxygen atoms in total. The lowest BCUT2D eigenvalue weighted by Crippen LogP contribution is -2.48. The Kier molecular flexibility index (Phi) is 3.54. The first kappa shape index (κ1) is 13.6. The Balaban J connectivity index is 1.59. The van der Waals surface area contributed by atoms with E-state index in [1.165, 1.54) is 0 Å². The van der Waals surface area contributed by atoms with Crippen LogP contribution in [0.15, 0.2) is 12.2 Å². The van der Waals surface area contributed by atoms with Gasteiger partial charge in [0.15, 0.2) is 0 Å². The second-order valence-electron chi connectivity index (χ2n) is 6.30. The Morgan fingerprint density at radius 3 is 2.55 bits per heavy atom. The van der Waals surface area contributed by atoms with E-state index in [1.807, 2.05) is 0 Å². The lowest BCUT2D eigenvalue weighted by atomic mass is 9.80. The number of rotatable bonds is 4. The molecule has 1 saturated carbocycles. The molecule has 110 valence electrons. The third-order valence-electron chi connectivity index (χ3n) is 5.12. The summed E-state index contributed by atoms with van der Waals surface area (Å²) in [4.78, 5) is 23.8. The van der Waals surface area contributed by atoms with Gasteiger partial charge in [-0.15, -0.1) is 0 Å². The standard InChI is InChI=1S/C15H21NO4/c17-13(12-8-10-1-2-11(12)7-10)16-9-15(14(18)19)3-5-20-6-4-15/h1-2,10-12H,3-9H2,(H,16,17)(H,18,19). The van der Waals surface area contributed by atoms with Crippen LogP contribution in [-0.2, 0) is 14.3 Å². The van der Waals surface area contributed by atoms with Crippen molar-refractivity contribution in [2.24, 2.45) is 23.2 Å². The number of ether oxygens (including phenoxy) is 1. The monoisotopic (exact) mass is 279 g/mol. The van der Waals surface area contributed by atoms with Gasteiger partial charge in [0.25, 0.3) is 0 Å². The van der Waals surface area contributed by atoms with E-state index in [2.05, 4.69) is 17.5 Å². The Hall–Kier alpha value is -1.36. The minimum absolute atomic E-state index is 0.0222. The molecule has 0 aromatic carbocycles. The summed E-state index contributed by atoms with van der Waals surface area (Å²) in [5, 5.41) is 12.3. The van der Waals surface area contributed by atoms with Crippen molar-refractivity contribution in [1.29, 1.82) is 0 Å². The molecule has 2 fully saturated rings. The molecule has 3 rings (SSSR count). The molecule has 0 radical (unpaired) electrons. The number of carboxylic acid groups (broad SMARTS) is 1. The molecular weight excluding hydrogens is 258 g/mol. The van der Waals surface area contributed by atoms with Gasteiger partial charge in [-0.05, 0) is 37.5 Å². The third kappa shape index (κ3) is 2.35. The highest BCUT2D eigenvalue weighted by atomic mass is 16.5. The zero-order valence-corrected chi connectivity index (χ0v) is 11.5. The van der Waals surface area contributed by atoms with Crippen LogP contribution in [0.5, 0.6) is 0 Å². The topological polar surface area (TPSA) is 75.6 Å². The maximum Gasteiger partial charge on any atom is 0.311 e. The molecule has 20 heavy (non-hydrogen) atoms. The summed E-state index contributed by atoms with van der Waals surface area (Å²) in [6.07, 6.45) is 7.27. The molecule has 0 aromatic heterocycles. The lowest BCUT2D eigenvalue weighted by Gasteiger charge is -2.33. The first-order valence-electron chi connectivity index (χ1n) is 7.38. The van der Waals surface area contributed by atoms with Gasteiger partial charge in [0, 0.05) is 25.7 Å². The van der Waals surface area contributed by atoms with Crippen LogP contribution in [0.3, 0.4) is 0 Å². The number of carbonyl (C=O) groups is 2. The number of hydrogen-bond donors (Lipinski definition) is 2. The largest absolute Gasteiger partial charge is 0.481 e. The van der Waals surface area contributed by atoms with Crippen molar-refractivity contribution in [3.63, 3.8) is 0 Å². The van der Waals surface area contributed by atoms with Gasteiger partial charge in [-0.3, -0.25) is 9.59 Å². The van der Waals surface area contributed by atoms with Crippen molar-refractivity contribution in [2.45, 2.75) is 25.7 Å². The van der Waals surface area contributed by atoms with Gasteiger partial charge >= 0.3 is 5.97 Å². The highest BCUT2D eigenvalue weighted by molar-refractivity contribution is 5.81. The molecule has 5 heteroatoms. The van der Waals surface area contributed by atoms with E-state index < -0.39 is 11.4 Å². The van der Waals surface area contributed by atoms with Gasteiger partial charge in [0.1, 0.15) is 0 Å². The maximum absolute atomic E-state index is 12.3. The lowest BCUT2D eigenvalue weighted by molar-refractivity contribution is -0.154. The Morgan fingerprint density at radius 1 is 1.25 bits per heavy atom. The summed E-state index contributed by atoms with van der Waals surface area (Å²) in [7, 11) is 0. The number of carboxylic acids is 1. The van der Waals surface area contributed by atoms with Crippen molar-refractivity contribution in [2.75, 3.05) is 19.8 Å². The Labute approximate surface area is 118 Å². The highest BCUT2D eigenvalue weighted by Crippen LogP contribution is 2.43. The molecule has 2 N–H and O–H groups in total. The number of carbonyl (C=O) groups excluding carboxylic acids is 1. The molecule has 1 heterocycles. The van der Waals surface area contributed by atoms with Gasteiger partial charge in [0.05, 0.1) is 5.41 Å². The molecular formula is C15H21NO4. The van der Waals surface area contributed by atoms with Crippen LogP contribution >= 0.6 is 0 Å². The van der Waals surface area contributed by atoms with Crippen LogP contribution < -0.4 is 5.32 Å². The van der Waals surface area contributed by atoms with Crippen molar-refractivity contribution in [3.8, 4) is 0 Å². The van der Waals surface area contributed by atoms with Gasteiger partial charge in [-0.25, -0.2) is 0 Å². The summed E-state index contributed by atoms with van der Waals surface area (Å²) in [5.74, 6) is 0.140. The molecule has 2 aliphatic carbocycles. The van der Waals surface area contributed by atoms with Gasteiger partial charge in [-0.2, -0.15) is 0 Å². The van der Waals surface area contributed by atoms with Crippen LogP contribution in [-0.4, -0.2) is 36.7 Å². The van der Waals surface area contributed by atoms with E-state index in [0.717, 1.165) is 12.8 Å². The van der Waals surface area contributed by atoms with Crippen LogP contribution in [0, 0.1) is 23.2 Å². The number of hydrogen-bond acceptors (Lipinski definition) is 3. The molecule has 0 aromatic rings. The second-order valence-corrected chi connectivity index (χ2v) is 6.30. The van der Waals surface area contributed by atoms with E-state index >= 15 is 0 Å². The van der Waals surface area contributed by atoms with Crippen molar-refractivity contribution < 1.29 is 19.4 Å².